The molecule has 1 N–H and O–H groups in total. The average Bonchev–Trinajstić information content (AvgIpc) is 2.67. The van der Waals surface area contributed by atoms with Gasteiger partial charge < -0.3 is 19.9 Å². The monoisotopic (exact) mass is 374 g/mol. The number of carbonyl (C=O) groups excluding carboxylic acids is 2. The first-order valence-corrected chi connectivity index (χ1v) is 9.98. The fraction of sp³-hybridized carbons (Fsp3) is 0.636. The third-order valence-corrected chi connectivity index (χ3v) is 6.27. The van der Waals surface area contributed by atoms with E-state index in [-0.39, 0.29) is 11.8 Å². The highest BCUT2D eigenvalue weighted by atomic mass is 16.4. The molecule has 1 aromatic rings. The van der Waals surface area contributed by atoms with E-state index in [1.165, 1.54) is 4.90 Å². The van der Waals surface area contributed by atoms with E-state index >= 15 is 0 Å². The number of nitrogens with zero attached hydrogens (tertiary/aromatic N) is 1. The molecule has 5 nitrogen and oxygen atoms in total. The van der Waals surface area contributed by atoms with Crippen molar-refractivity contribution in [1.29, 1.82) is 0 Å². The second-order valence-electron chi connectivity index (χ2n) is 8.27. The predicted octanol–water partition coefficient (Wildman–Crippen LogP) is 2.33. The van der Waals surface area contributed by atoms with Gasteiger partial charge in [-0.15, -0.1) is 0 Å². The maximum Gasteiger partial charge on any atom is 0.252 e. The third-order valence-electron chi connectivity index (χ3n) is 6.27. The van der Waals surface area contributed by atoms with Gasteiger partial charge in [-0.25, -0.2) is 0 Å². The number of carbonyl (C=O) groups is 2. The van der Waals surface area contributed by atoms with Crippen LogP contribution in [-0.4, -0.2) is 40.6 Å². The van der Waals surface area contributed by atoms with Crippen molar-refractivity contribution in [2.75, 3.05) is 6.54 Å². The van der Waals surface area contributed by atoms with Crippen LogP contribution in [0.15, 0.2) is 30.3 Å². The lowest BCUT2D eigenvalue weighted by Crippen LogP contribution is -2.61. The van der Waals surface area contributed by atoms with Gasteiger partial charge in [-0.2, -0.15) is 0 Å². The number of amides is 1. The van der Waals surface area contributed by atoms with Crippen LogP contribution in [0.1, 0.15) is 64.9 Å². The quantitative estimate of drug-likeness (QED) is 0.794. The fourth-order valence-electron chi connectivity index (χ4n) is 4.17. The molecule has 1 aromatic carbocycles. The van der Waals surface area contributed by atoms with Crippen molar-refractivity contribution in [3.63, 3.8) is 0 Å². The minimum atomic E-state index is -1.23. The van der Waals surface area contributed by atoms with Gasteiger partial charge in [0.2, 0.25) is 0 Å². The maximum atomic E-state index is 13.0. The SMILES string of the molecule is CCC(c1ccccc1)C1CCCN(C(=O)C(O)C(C)(C)CC)C1C(=O)[O-]. The van der Waals surface area contributed by atoms with Crippen LogP contribution in [0.25, 0.3) is 0 Å². The van der Waals surface area contributed by atoms with Crippen LogP contribution >= 0.6 is 0 Å². The summed E-state index contributed by atoms with van der Waals surface area (Å²) in [4.78, 5) is 26.4. The molecule has 1 fully saturated rings. The van der Waals surface area contributed by atoms with E-state index in [0.717, 1.165) is 24.8 Å². The Labute approximate surface area is 162 Å². The summed E-state index contributed by atoms with van der Waals surface area (Å²) in [7, 11) is 0. The van der Waals surface area contributed by atoms with Crippen LogP contribution in [-0.2, 0) is 9.59 Å². The van der Waals surface area contributed by atoms with Crippen molar-refractivity contribution < 1.29 is 19.8 Å². The normalized spacial score (nSPS) is 22.9. The Hall–Kier alpha value is -1.88. The summed E-state index contributed by atoms with van der Waals surface area (Å²) in [5.41, 5.74) is 0.476. The fourth-order valence-corrected chi connectivity index (χ4v) is 4.17. The van der Waals surface area contributed by atoms with Gasteiger partial charge in [-0.3, -0.25) is 4.79 Å². The molecule has 1 saturated heterocycles. The lowest BCUT2D eigenvalue weighted by Gasteiger charge is -2.46. The molecule has 0 radical (unpaired) electrons. The molecule has 2 rings (SSSR count). The van der Waals surface area contributed by atoms with Crippen molar-refractivity contribution in [2.24, 2.45) is 11.3 Å². The number of hydrogen-bond acceptors (Lipinski definition) is 4. The van der Waals surface area contributed by atoms with E-state index in [1.54, 1.807) is 0 Å². The summed E-state index contributed by atoms with van der Waals surface area (Å²) in [6, 6.07) is 8.84. The van der Waals surface area contributed by atoms with Gasteiger partial charge in [-0.05, 0) is 48.5 Å². The lowest BCUT2D eigenvalue weighted by atomic mass is 9.74. The number of aliphatic hydroxyl groups excluding tert-OH is 1. The van der Waals surface area contributed by atoms with Gasteiger partial charge in [0, 0.05) is 6.54 Å². The molecule has 1 heterocycles. The summed E-state index contributed by atoms with van der Waals surface area (Å²) in [6.45, 7) is 7.94. The standard InChI is InChI=1S/C22H33NO4/c1-5-16(15-11-8-7-9-12-15)17-13-10-14-23(18(17)21(26)27)20(25)19(24)22(3,4)6-2/h7-9,11-12,16-19,24H,5-6,10,13-14H2,1-4H3,(H,26,27)/p-1. The minimum Gasteiger partial charge on any atom is -0.548 e. The topological polar surface area (TPSA) is 80.7 Å². The predicted molar refractivity (Wildman–Crippen MR) is 103 cm³/mol. The number of aliphatic carboxylic acids is 1. The Bertz CT molecular complexity index is 643. The molecule has 1 aliphatic heterocycles. The highest BCUT2D eigenvalue weighted by Gasteiger charge is 2.43. The molecule has 4 atom stereocenters. The van der Waals surface area contributed by atoms with Crippen molar-refractivity contribution in [3.05, 3.63) is 35.9 Å². The summed E-state index contributed by atoms with van der Waals surface area (Å²) in [5.74, 6) is -1.93. The number of piperidine rings is 1. The minimum absolute atomic E-state index is 0.0287. The molecule has 27 heavy (non-hydrogen) atoms. The summed E-state index contributed by atoms with van der Waals surface area (Å²) in [5, 5.41) is 22.7. The molecule has 0 aromatic heterocycles. The summed E-state index contributed by atoms with van der Waals surface area (Å²) < 4.78 is 0. The molecule has 1 aliphatic rings. The molecule has 1 amide bonds. The van der Waals surface area contributed by atoms with Crippen molar-refractivity contribution in [2.45, 2.75) is 71.4 Å². The van der Waals surface area contributed by atoms with Crippen molar-refractivity contribution in [3.8, 4) is 0 Å². The zero-order valence-corrected chi connectivity index (χ0v) is 16.9. The Morgan fingerprint density at radius 1 is 1.26 bits per heavy atom. The van der Waals surface area contributed by atoms with Crippen LogP contribution in [0, 0.1) is 11.3 Å². The molecule has 0 aliphatic carbocycles. The Morgan fingerprint density at radius 3 is 2.41 bits per heavy atom. The number of benzene rings is 1. The van der Waals surface area contributed by atoms with Crippen LogP contribution in [0.5, 0.6) is 0 Å². The molecular formula is C22H32NO4-. The Kier molecular flexibility index (Phi) is 7.04. The van der Waals surface area contributed by atoms with Crippen molar-refractivity contribution in [1.82, 2.24) is 4.90 Å². The van der Waals surface area contributed by atoms with E-state index in [0.29, 0.717) is 13.0 Å². The highest BCUT2D eigenvalue weighted by Crippen LogP contribution is 2.39. The first-order valence-electron chi connectivity index (χ1n) is 9.98. The summed E-state index contributed by atoms with van der Waals surface area (Å²) in [6.07, 6.45) is 1.63. The second kappa shape index (κ2) is 8.87. The van der Waals surface area contributed by atoms with Gasteiger partial charge in [0.15, 0.2) is 0 Å². The van der Waals surface area contributed by atoms with E-state index < -0.39 is 29.4 Å². The first kappa shape index (κ1) is 21.4. The Balaban J connectivity index is 2.35. The van der Waals surface area contributed by atoms with Gasteiger partial charge in [-0.1, -0.05) is 58.0 Å². The highest BCUT2D eigenvalue weighted by molar-refractivity contribution is 5.86. The molecule has 0 saturated carbocycles. The number of rotatable bonds is 7. The molecular weight excluding hydrogens is 342 g/mol. The van der Waals surface area contributed by atoms with Crippen LogP contribution in [0.3, 0.4) is 0 Å². The van der Waals surface area contributed by atoms with Gasteiger partial charge in [0.1, 0.15) is 6.10 Å². The van der Waals surface area contributed by atoms with Gasteiger partial charge >= 0.3 is 0 Å². The Morgan fingerprint density at radius 2 is 1.89 bits per heavy atom. The molecule has 4 unspecified atom stereocenters. The zero-order chi connectivity index (χ0) is 20.2. The molecule has 5 heteroatoms. The summed E-state index contributed by atoms with van der Waals surface area (Å²) >= 11 is 0. The van der Waals surface area contributed by atoms with E-state index in [1.807, 2.05) is 58.0 Å². The van der Waals surface area contributed by atoms with E-state index in [9.17, 15) is 19.8 Å². The maximum absolute atomic E-state index is 13.0. The first-order chi connectivity index (χ1) is 12.7. The lowest BCUT2D eigenvalue weighted by molar-refractivity contribution is -0.314. The van der Waals surface area contributed by atoms with Gasteiger partial charge in [0.25, 0.3) is 5.91 Å². The number of carboxylic acids is 1. The molecule has 0 spiro atoms. The van der Waals surface area contributed by atoms with E-state index in [2.05, 4.69) is 0 Å². The number of likely N-dealkylation sites (tertiary alicyclic amines) is 1. The van der Waals surface area contributed by atoms with Crippen LogP contribution in [0.2, 0.25) is 0 Å². The number of aliphatic hydroxyl groups is 1. The molecule has 0 bridgehead atoms. The van der Waals surface area contributed by atoms with E-state index in [4.69, 9.17) is 0 Å². The third kappa shape index (κ3) is 4.52. The average molecular weight is 375 g/mol. The molecule has 150 valence electrons. The zero-order valence-electron chi connectivity index (χ0n) is 16.9. The smallest absolute Gasteiger partial charge is 0.252 e. The number of carboxylic acid groups (broad SMARTS) is 1. The van der Waals surface area contributed by atoms with Crippen LogP contribution < -0.4 is 5.11 Å². The largest absolute Gasteiger partial charge is 0.548 e. The van der Waals surface area contributed by atoms with Crippen LogP contribution in [0.4, 0.5) is 0 Å². The van der Waals surface area contributed by atoms with Gasteiger partial charge in [0.05, 0.1) is 12.0 Å². The van der Waals surface area contributed by atoms with Crippen molar-refractivity contribution >= 4 is 11.9 Å². The second-order valence-corrected chi connectivity index (χ2v) is 8.27. The number of hydrogen-bond donors (Lipinski definition) is 1.